The average molecular weight is 226 g/mol. The highest BCUT2D eigenvalue weighted by atomic mass is 16.1. The van der Waals surface area contributed by atoms with Gasteiger partial charge in [0, 0.05) is 18.0 Å². The zero-order chi connectivity index (χ0) is 11.8. The van der Waals surface area contributed by atoms with Crippen LogP contribution >= 0.6 is 0 Å². The summed E-state index contributed by atoms with van der Waals surface area (Å²) in [7, 11) is 0. The van der Waals surface area contributed by atoms with E-state index in [1.807, 2.05) is 24.3 Å². The zero-order valence-corrected chi connectivity index (χ0v) is 8.95. The summed E-state index contributed by atoms with van der Waals surface area (Å²) >= 11 is 0. The SMILES string of the molecule is NC(=O)C1N=CC2=CN=Cc3ccccc3N21. The van der Waals surface area contributed by atoms with Crippen molar-refractivity contribution < 1.29 is 4.79 Å². The van der Waals surface area contributed by atoms with Gasteiger partial charge in [0.2, 0.25) is 6.17 Å². The summed E-state index contributed by atoms with van der Waals surface area (Å²) in [6.45, 7) is 0. The minimum absolute atomic E-state index is 0.471. The first-order chi connectivity index (χ1) is 8.27. The third kappa shape index (κ3) is 1.44. The van der Waals surface area contributed by atoms with Gasteiger partial charge in [-0.3, -0.25) is 14.8 Å². The molecule has 5 heteroatoms. The number of primary amides is 1. The highest BCUT2D eigenvalue weighted by molar-refractivity contribution is 6.01. The lowest BCUT2D eigenvalue weighted by Crippen LogP contribution is -2.40. The maximum Gasteiger partial charge on any atom is 0.263 e. The number of nitrogens with zero attached hydrogens (tertiary/aromatic N) is 3. The fourth-order valence-electron chi connectivity index (χ4n) is 1.99. The van der Waals surface area contributed by atoms with Crippen molar-refractivity contribution >= 4 is 24.0 Å². The lowest BCUT2D eigenvalue weighted by molar-refractivity contribution is -0.118. The van der Waals surface area contributed by atoms with Crippen molar-refractivity contribution in [3.05, 3.63) is 41.7 Å². The molecule has 2 aliphatic rings. The van der Waals surface area contributed by atoms with Crippen LogP contribution in [0.1, 0.15) is 5.56 Å². The first-order valence-corrected chi connectivity index (χ1v) is 5.21. The fourth-order valence-corrected chi connectivity index (χ4v) is 1.99. The zero-order valence-electron chi connectivity index (χ0n) is 8.95. The van der Waals surface area contributed by atoms with Gasteiger partial charge in [0.1, 0.15) is 0 Å². The van der Waals surface area contributed by atoms with Crippen LogP contribution in [0.25, 0.3) is 0 Å². The van der Waals surface area contributed by atoms with Crippen molar-refractivity contribution in [2.75, 3.05) is 4.90 Å². The number of amides is 1. The Morgan fingerprint density at radius 1 is 1.29 bits per heavy atom. The third-order valence-corrected chi connectivity index (χ3v) is 2.74. The number of anilines is 1. The molecule has 0 fully saturated rings. The molecule has 1 aromatic carbocycles. The van der Waals surface area contributed by atoms with E-state index in [0.29, 0.717) is 0 Å². The van der Waals surface area contributed by atoms with Gasteiger partial charge < -0.3 is 10.6 Å². The van der Waals surface area contributed by atoms with E-state index in [0.717, 1.165) is 16.9 Å². The number of hydrogen-bond donors (Lipinski definition) is 1. The largest absolute Gasteiger partial charge is 0.366 e. The highest BCUT2D eigenvalue weighted by Gasteiger charge is 2.31. The van der Waals surface area contributed by atoms with E-state index in [4.69, 9.17) is 5.73 Å². The normalized spacial score (nSPS) is 20.6. The van der Waals surface area contributed by atoms with Gasteiger partial charge in [0.05, 0.1) is 17.6 Å². The number of hydrogen-bond acceptors (Lipinski definition) is 4. The Morgan fingerprint density at radius 3 is 2.94 bits per heavy atom. The highest BCUT2D eigenvalue weighted by Crippen LogP contribution is 2.30. The van der Waals surface area contributed by atoms with Crippen LogP contribution in [0.2, 0.25) is 0 Å². The standard InChI is InChI=1S/C12H10N4O/c13-11(17)12-15-7-9-6-14-5-8-3-1-2-4-10(8)16(9)12/h1-7,12H,(H2,13,17). The molecule has 0 aliphatic carbocycles. The molecule has 0 spiro atoms. The van der Waals surface area contributed by atoms with Gasteiger partial charge in [-0.2, -0.15) is 0 Å². The van der Waals surface area contributed by atoms with Gasteiger partial charge in [-0.05, 0) is 6.07 Å². The molecule has 1 unspecified atom stereocenters. The molecule has 0 saturated carbocycles. The smallest absolute Gasteiger partial charge is 0.263 e. The molecular formula is C12H10N4O. The number of fused-ring (bicyclic) bond motifs is 3. The molecule has 1 aromatic rings. The molecule has 2 aliphatic heterocycles. The van der Waals surface area contributed by atoms with Crippen molar-refractivity contribution in [3.8, 4) is 0 Å². The van der Waals surface area contributed by atoms with Crippen LogP contribution in [0, 0.1) is 0 Å². The van der Waals surface area contributed by atoms with Crippen LogP contribution in [-0.4, -0.2) is 24.5 Å². The number of carbonyl (C=O) groups excluding carboxylic acids is 1. The Morgan fingerprint density at radius 2 is 2.12 bits per heavy atom. The van der Waals surface area contributed by atoms with Gasteiger partial charge in [0.25, 0.3) is 5.91 Å². The van der Waals surface area contributed by atoms with E-state index in [9.17, 15) is 4.79 Å². The summed E-state index contributed by atoms with van der Waals surface area (Å²) in [6, 6.07) is 7.69. The molecule has 3 rings (SSSR count). The first-order valence-electron chi connectivity index (χ1n) is 5.21. The fraction of sp³-hybridized carbons (Fsp3) is 0.0833. The molecule has 1 amide bonds. The maximum absolute atomic E-state index is 11.4. The number of para-hydroxylation sites is 1. The Bertz CT molecular complexity index is 574. The predicted octanol–water partition coefficient (Wildman–Crippen LogP) is 0.663. The third-order valence-electron chi connectivity index (χ3n) is 2.74. The molecule has 2 heterocycles. The number of carbonyl (C=O) groups is 1. The van der Waals surface area contributed by atoms with Crippen LogP contribution in [0.4, 0.5) is 5.69 Å². The summed E-state index contributed by atoms with van der Waals surface area (Å²) in [6.07, 6.45) is 4.37. The molecule has 0 radical (unpaired) electrons. The minimum atomic E-state index is -0.677. The van der Waals surface area contributed by atoms with Gasteiger partial charge in [-0.15, -0.1) is 0 Å². The summed E-state index contributed by atoms with van der Waals surface area (Å²) in [4.78, 5) is 21.5. The predicted molar refractivity (Wildman–Crippen MR) is 66.1 cm³/mol. The Labute approximate surface area is 98.0 Å². The summed E-state index contributed by atoms with van der Waals surface area (Å²) < 4.78 is 0. The average Bonchev–Trinajstić information content (AvgIpc) is 2.66. The molecule has 84 valence electrons. The van der Waals surface area contributed by atoms with E-state index in [1.54, 1.807) is 23.5 Å². The van der Waals surface area contributed by atoms with Crippen LogP contribution in [-0.2, 0) is 4.79 Å². The van der Waals surface area contributed by atoms with Crippen molar-refractivity contribution in [2.24, 2.45) is 15.7 Å². The van der Waals surface area contributed by atoms with Gasteiger partial charge in [-0.25, -0.2) is 0 Å². The number of aliphatic imine (C=N–C) groups is 2. The topological polar surface area (TPSA) is 71.0 Å². The quantitative estimate of drug-likeness (QED) is 0.764. The van der Waals surface area contributed by atoms with Gasteiger partial charge >= 0.3 is 0 Å². The number of rotatable bonds is 1. The second-order valence-corrected chi connectivity index (χ2v) is 3.82. The molecule has 5 nitrogen and oxygen atoms in total. The van der Waals surface area contributed by atoms with Crippen molar-refractivity contribution in [1.29, 1.82) is 0 Å². The van der Waals surface area contributed by atoms with Gasteiger partial charge in [-0.1, -0.05) is 18.2 Å². The summed E-state index contributed by atoms with van der Waals surface area (Å²) in [5.41, 5.74) is 7.95. The van der Waals surface area contributed by atoms with Crippen molar-refractivity contribution in [1.82, 2.24) is 0 Å². The van der Waals surface area contributed by atoms with Crippen LogP contribution in [0.15, 0.2) is 46.1 Å². The van der Waals surface area contributed by atoms with E-state index >= 15 is 0 Å². The Hall–Kier alpha value is -2.43. The van der Waals surface area contributed by atoms with Crippen molar-refractivity contribution in [2.45, 2.75) is 6.17 Å². The number of nitrogens with two attached hydrogens (primary N) is 1. The Kier molecular flexibility index (Phi) is 2.04. The van der Waals surface area contributed by atoms with Crippen molar-refractivity contribution in [3.63, 3.8) is 0 Å². The lowest BCUT2D eigenvalue weighted by Gasteiger charge is -2.24. The molecule has 2 N–H and O–H groups in total. The van der Waals surface area contributed by atoms with Crippen LogP contribution < -0.4 is 10.6 Å². The second kappa shape index (κ2) is 3.55. The Balaban J connectivity index is 2.17. The van der Waals surface area contributed by atoms with Crippen LogP contribution in [0.5, 0.6) is 0 Å². The molecular weight excluding hydrogens is 216 g/mol. The van der Waals surface area contributed by atoms with E-state index in [-0.39, 0.29) is 0 Å². The molecule has 0 bridgehead atoms. The summed E-state index contributed by atoms with van der Waals surface area (Å²) in [5, 5.41) is 0. The first kappa shape index (κ1) is 9.77. The summed E-state index contributed by atoms with van der Waals surface area (Å²) in [5.74, 6) is -0.471. The number of benzene rings is 1. The molecule has 17 heavy (non-hydrogen) atoms. The van der Waals surface area contributed by atoms with Crippen LogP contribution in [0.3, 0.4) is 0 Å². The van der Waals surface area contributed by atoms with E-state index < -0.39 is 12.1 Å². The lowest BCUT2D eigenvalue weighted by atomic mass is 10.1. The molecule has 1 atom stereocenters. The monoisotopic (exact) mass is 226 g/mol. The maximum atomic E-state index is 11.4. The molecule has 0 aromatic heterocycles. The van der Waals surface area contributed by atoms with Gasteiger partial charge in [0.15, 0.2) is 0 Å². The second-order valence-electron chi connectivity index (χ2n) is 3.82. The minimum Gasteiger partial charge on any atom is -0.366 e. The van der Waals surface area contributed by atoms with E-state index in [1.165, 1.54) is 0 Å². The molecule has 0 saturated heterocycles. The van der Waals surface area contributed by atoms with E-state index in [2.05, 4.69) is 9.98 Å². The number of allylic oxidation sites excluding steroid dienone is 1.